The van der Waals surface area contributed by atoms with Gasteiger partial charge in [-0.25, -0.2) is 4.98 Å². The summed E-state index contributed by atoms with van der Waals surface area (Å²) in [7, 11) is 1.64. The van der Waals surface area contributed by atoms with Crippen LogP contribution in [0.3, 0.4) is 0 Å². The van der Waals surface area contributed by atoms with Gasteiger partial charge in [0, 0.05) is 17.7 Å². The van der Waals surface area contributed by atoms with Gasteiger partial charge < -0.3 is 4.74 Å². The van der Waals surface area contributed by atoms with Crippen LogP contribution in [0.5, 0.6) is 5.88 Å². The molecular formula is C9H12N2O. The Balaban J connectivity index is 2.34. The molecule has 1 aromatic rings. The summed E-state index contributed by atoms with van der Waals surface area (Å²) in [5.74, 6) is 2.23. The molecule has 1 aromatic heterocycles. The molecule has 1 saturated carbocycles. The highest BCUT2D eigenvalue weighted by Gasteiger charge is 2.27. The van der Waals surface area contributed by atoms with Crippen molar-refractivity contribution in [2.45, 2.75) is 25.7 Å². The summed E-state index contributed by atoms with van der Waals surface area (Å²) in [5, 5.41) is 0. The van der Waals surface area contributed by atoms with Crippen LogP contribution in [-0.4, -0.2) is 17.1 Å². The van der Waals surface area contributed by atoms with Gasteiger partial charge in [-0.15, -0.1) is 0 Å². The Labute approximate surface area is 71.8 Å². The summed E-state index contributed by atoms with van der Waals surface area (Å²) in [6, 6.07) is 1.85. The number of aryl methyl sites for hydroxylation is 1. The van der Waals surface area contributed by atoms with Crippen LogP contribution in [0.25, 0.3) is 0 Å². The maximum Gasteiger partial charge on any atom is 0.216 e. The van der Waals surface area contributed by atoms with Gasteiger partial charge in [0.15, 0.2) is 0 Å². The van der Waals surface area contributed by atoms with E-state index >= 15 is 0 Å². The minimum Gasteiger partial charge on any atom is -0.481 e. The van der Waals surface area contributed by atoms with Gasteiger partial charge in [0.1, 0.15) is 5.82 Å². The topological polar surface area (TPSA) is 35.0 Å². The number of aromatic nitrogens is 2. The number of ether oxygens (including phenoxy) is 1. The van der Waals surface area contributed by atoms with Crippen molar-refractivity contribution in [3.05, 3.63) is 17.6 Å². The molecule has 0 amide bonds. The summed E-state index contributed by atoms with van der Waals surface area (Å²) < 4.78 is 5.06. The maximum absolute atomic E-state index is 5.06. The smallest absolute Gasteiger partial charge is 0.216 e. The Kier molecular flexibility index (Phi) is 1.71. The second-order valence-electron chi connectivity index (χ2n) is 3.18. The molecule has 3 heteroatoms. The highest BCUT2D eigenvalue weighted by molar-refractivity contribution is 5.18. The Morgan fingerprint density at radius 1 is 1.42 bits per heavy atom. The van der Waals surface area contributed by atoms with Crippen LogP contribution in [0.1, 0.15) is 30.3 Å². The maximum atomic E-state index is 5.06. The van der Waals surface area contributed by atoms with Crippen molar-refractivity contribution in [2.24, 2.45) is 0 Å². The predicted molar refractivity (Wildman–Crippen MR) is 45.3 cm³/mol. The third kappa shape index (κ3) is 1.40. The molecule has 0 N–H and O–H groups in total. The van der Waals surface area contributed by atoms with Gasteiger partial charge in [-0.05, 0) is 19.8 Å². The van der Waals surface area contributed by atoms with Crippen LogP contribution in [0.2, 0.25) is 0 Å². The van der Waals surface area contributed by atoms with E-state index in [-0.39, 0.29) is 0 Å². The SMILES string of the molecule is COc1cc(C)nc(C2CC2)n1. The molecule has 2 rings (SSSR count). The first-order valence-corrected chi connectivity index (χ1v) is 4.19. The van der Waals surface area contributed by atoms with E-state index in [4.69, 9.17) is 4.74 Å². The lowest BCUT2D eigenvalue weighted by Gasteiger charge is -2.02. The summed E-state index contributed by atoms with van der Waals surface area (Å²) in [6.07, 6.45) is 2.46. The molecule has 1 heterocycles. The van der Waals surface area contributed by atoms with Crippen LogP contribution >= 0.6 is 0 Å². The lowest BCUT2D eigenvalue weighted by molar-refractivity contribution is 0.394. The average Bonchev–Trinajstić information content (AvgIpc) is 2.85. The second kappa shape index (κ2) is 2.73. The molecule has 0 bridgehead atoms. The summed E-state index contributed by atoms with van der Waals surface area (Å²) in [6.45, 7) is 1.97. The van der Waals surface area contributed by atoms with Crippen molar-refractivity contribution < 1.29 is 4.74 Å². The minimum absolute atomic E-state index is 0.596. The van der Waals surface area contributed by atoms with Crippen LogP contribution < -0.4 is 4.74 Å². The molecule has 12 heavy (non-hydrogen) atoms. The fourth-order valence-electron chi connectivity index (χ4n) is 1.19. The van der Waals surface area contributed by atoms with E-state index < -0.39 is 0 Å². The molecule has 3 nitrogen and oxygen atoms in total. The third-order valence-corrected chi connectivity index (χ3v) is 2.00. The van der Waals surface area contributed by atoms with Crippen molar-refractivity contribution in [3.8, 4) is 5.88 Å². The van der Waals surface area contributed by atoms with E-state index in [1.165, 1.54) is 12.8 Å². The Hall–Kier alpha value is -1.12. The van der Waals surface area contributed by atoms with E-state index in [0.717, 1.165) is 11.5 Å². The Bertz CT molecular complexity index is 295. The summed E-state index contributed by atoms with van der Waals surface area (Å²) >= 11 is 0. The molecule has 0 atom stereocenters. The van der Waals surface area contributed by atoms with E-state index in [9.17, 15) is 0 Å². The number of nitrogens with zero attached hydrogens (tertiary/aromatic N) is 2. The van der Waals surface area contributed by atoms with Crippen LogP contribution in [-0.2, 0) is 0 Å². The van der Waals surface area contributed by atoms with Crippen LogP contribution in [0.4, 0.5) is 0 Å². The summed E-state index contributed by atoms with van der Waals surface area (Å²) in [4.78, 5) is 8.63. The zero-order valence-corrected chi connectivity index (χ0v) is 7.37. The molecule has 0 radical (unpaired) electrons. The fourth-order valence-corrected chi connectivity index (χ4v) is 1.19. The van der Waals surface area contributed by atoms with Crippen molar-refractivity contribution >= 4 is 0 Å². The van der Waals surface area contributed by atoms with Gasteiger partial charge in [0.2, 0.25) is 5.88 Å². The van der Waals surface area contributed by atoms with E-state index in [0.29, 0.717) is 11.8 Å². The molecule has 1 aliphatic rings. The lowest BCUT2D eigenvalue weighted by Crippen LogP contribution is -1.97. The number of hydrogen-bond donors (Lipinski definition) is 0. The normalized spacial score (nSPS) is 16.2. The highest BCUT2D eigenvalue weighted by atomic mass is 16.5. The largest absolute Gasteiger partial charge is 0.481 e. The first-order valence-electron chi connectivity index (χ1n) is 4.19. The highest BCUT2D eigenvalue weighted by Crippen LogP contribution is 2.38. The van der Waals surface area contributed by atoms with Gasteiger partial charge in [0.25, 0.3) is 0 Å². The number of rotatable bonds is 2. The first kappa shape index (κ1) is 7.53. The average molecular weight is 164 g/mol. The van der Waals surface area contributed by atoms with E-state index in [2.05, 4.69) is 9.97 Å². The molecule has 0 unspecified atom stereocenters. The standard InChI is InChI=1S/C9H12N2O/c1-6-5-8(12-2)11-9(10-6)7-3-4-7/h5,7H,3-4H2,1-2H3. The first-order chi connectivity index (χ1) is 5.79. The Morgan fingerprint density at radius 2 is 2.17 bits per heavy atom. The molecule has 64 valence electrons. The van der Waals surface area contributed by atoms with Crippen molar-refractivity contribution in [2.75, 3.05) is 7.11 Å². The monoisotopic (exact) mass is 164 g/mol. The van der Waals surface area contributed by atoms with Gasteiger partial charge in [-0.2, -0.15) is 4.98 Å². The zero-order valence-electron chi connectivity index (χ0n) is 7.37. The van der Waals surface area contributed by atoms with Crippen molar-refractivity contribution in [1.29, 1.82) is 0 Å². The number of hydrogen-bond acceptors (Lipinski definition) is 3. The molecule has 1 aliphatic carbocycles. The Morgan fingerprint density at radius 3 is 2.75 bits per heavy atom. The molecule has 1 fully saturated rings. The molecule has 0 spiro atoms. The second-order valence-corrected chi connectivity index (χ2v) is 3.18. The quantitative estimate of drug-likeness (QED) is 0.667. The predicted octanol–water partition coefficient (Wildman–Crippen LogP) is 1.67. The van der Waals surface area contributed by atoms with Gasteiger partial charge in [-0.1, -0.05) is 0 Å². The zero-order chi connectivity index (χ0) is 8.55. The van der Waals surface area contributed by atoms with Gasteiger partial charge in [0.05, 0.1) is 7.11 Å². The van der Waals surface area contributed by atoms with E-state index in [1.807, 2.05) is 13.0 Å². The van der Waals surface area contributed by atoms with E-state index in [1.54, 1.807) is 7.11 Å². The number of methoxy groups -OCH3 is 1. The molecule has 0 saturated heterocycles. The van der Waals surface area contributed by atoms with Crippen molar-refractivity contribution in [1.82, 2.24) is 9.97 Å². The van der Waals surface area contributed by atoms with Gasteiger partial charge >= 0.3 is 0 Å². The van der Waals surface area contributed by atoms with Crippen LogP contribution in [0.15, 0.2) is 6.07 Å². The van der Waals surface area contributed by atoms with Crippen molar-refractivity contribution in [3.63, 3.8) is 0 Å². The fraction of sp³-hybridized carbons (Fsp3) is 0.556. The molecule has 0 aliphatic heterocycles. The third-order valence-electron chi connectivity index (χ3n) is 2.00. The van der Waals surface area contributed by atoms with Crippen LogP contribution in [0, 0.1) is 6.92 Å². The molecular weight excluding hydrogens is 152 g/mol. The lowest BCUT2D eigenvalue weighted by atomic mass is 10.3. The molecule has 0 aromatic carbocycles. The van der Waals surface area contributed by atoms with Gasteiger partial charge in [-0.3, -0.25) is 0 Å². The minimum atomic E-state index is 0.596. The summed E-state index contributed by atoms with van der Waals surface area (Å²) in [5.41, 5.74) is 0.990.